The van der Waals surface area contributed by atoms with E-state index in [-0.39, 0.29) is 27.1 Å². The molecule has 0 aliphatic carbocycles. The van der Waals surface area contributed by atoms with Gasteiger partial charge in [0.25, 0.3) is 0 Å². The Morgan fingerprint density at radius 1 is 1.18 bits per heavy atom. The van der Waals surface area contributed by atoms with E-state index >= 15 is 0 Å². The zero-order valence-electron chi connectivity index (χ0n) is 20.3. The molecule has 2 aromatic carbocycles. The van der Waals surface area contributed by atoms with Gasteiger partial charge in [-0.15, -0.1) is 0 Å². The maximum absolute atomic E-state index is 13.1. The smallest absolute Gasteiger partial charge is 0.417 e. The van der Waals surface area contributed by atoms with E-state index in [4.69, 9.17) is 32.7 Å². The van der Waals surface area contributed by atoms with Crippen LogP contribution < -0.4 is 15.4 Å². The highest BCUT2D eigenvalue weighted by Gasteiger charge is 2.44. The number of carbonyl (C=O) groups excluding carboxylic acids is 3. The van der Waals surface area contributed by atoms with E-state index in [2.05, 4.69) is 10.6 Å². The van der Waals surface area contributed by atoms with Gasteiger partial charge >= 0.3 is 12.1 Å². The summed E-state index contributed by atoms with van der Waals surface area (Å²) in [7, 11) is 1.10. The number of anilines is 1. The van der Waals surface area contributed by atoms with Crippen LogP contribution in [0.15, 0.2) is 47.0 Å². The molecule has 1 heterocycles. The molecule has 0 unspecified atom stereocenters. The van der Waals surface area contributed by atoms with Crippen molar-refractivity contribution in [2.24, 2.45) is 5.92 Å². The first-order valence-electron chi connectivity index (χ1n) is 11.2. The number of carbonyl (C=O) groups is 3. The lowest BCUT2D eigenvalue weighted by molar-refractivity contribution is -0.150. The third-order valence-electron chi connectivity index (χ3n) is 5.50. The van der Waals surface area contributed by atoms with E-state index in [1.807, 2.05) is 6.07 Å². The number of ether oxygens (including phenoxy) is 2. The normalized spacial score (nSPS) is 17.2. The molecule has 1 aliphatic rings. The Morgan fingerprint density at radius 3 is 2.49 bits per heavy atom. The summed E-state index contributed by atoms with van der Waals surface area (Å²) in [6.45, 7) is 2.11. The molecule has 206 valence electrons. The Hall–Kier alpha value is -3.40. The second kappa shape index (κ2) is 12.6. The van der Waals surface area contributed by atoms with Gasteiger partial charge in [-0.25, -0.2) is 0 Å². The Labute approximate surface area is 235 Å². The number of nitrogens with one attached hydrogen (secondary N) is 2. The molecule has 0 aromatic heterocycles. The minimum absolute atomic E-state index is 0.0000955. The SMILES string of the molecule is CCOc1ccc([C@@H]2C(C#N)=C(SCC(=O)Nc3ccc(Cl)c(C(F)(F)F)c3)NC(=O)[C@@H]2C(=O)OC)cc1Cl. The topological polar surface area (TPSA) is 118 Å². The number of hydrogen-bond donors (Lipinski definition) is 2. The summed E-state index contributed by atoms with van der Waals surface area (Å²) in [6, 6.07) is 9.45. The number of esters is 1. The van der Waals surface area contributed by atoms with Crippen molar-refractivity contribution in [3.63, 3.8) is 0 Å². The molecule has 0 saturated heterocycles. The third-order valence-corrected chi connectivity index (χ3v) is 7.14. The summed E-state index contributed by atoms with van der Waals surface area (Å²) in [5.41, 5.74) is -0.941. The van der Waals surface area contributed by atoms with Crippen LogP contribution in [0.1, 0.15) is 24.0 Å². The van der Waals surface area contributed by atoms with Crippen LogP contribution in [-0.2, 0) is 25.3 Å². The summed E-state index contributed by atoms with van der Waals surface area (Å²) < 4.78 is 49.6. The number of nitrogens with zero attached hydrogens (tertiary/aromatic N) is 1. The maximum atomic E-state index is 13.1. The Morgan fingerprint density at radius 2 is 1.90 bits per heavy atom. The maximum Gasteiger partial charge on any atom is 0.417 e. The fourth-order valence-electron chi connectivity index (χ4n) is 3.82. The molecule has 2 N–H and O–H groups in total. The van der Waals surface area contributed by atoms with Gasteiger partial charge in [0.15, 0.2) is 0 Å². The van der Waals surface area contributed by atoms with Crippen molar-refractivity contribution in [3.05, 3.63) is 68.2 Å². The van der Waals surface area contributed by atoms with Crippen LogP contribution in [0.4, 0.5) is 18.9 Å². The molecule has 3 rings (SSSR count). The number of alkyl halides is 3. The molecular weight excluding hydrogens is 582 g/mol. The molecule has 2 amide bonds. The zero-order valence-corrected chi connectivity index (χ0v) is 22.6. The summed E-state index contributed by atoms with van der Waals surface area (Å²) in [5.74, 6) is -4.92. The number of allylic oxidation sites excluding steroid dienone is 1. The van der Waals surface area contributed by atoms with Crippen molar-refractivity contribution in [2.75, 3.05) is 24.8 Å². The molecule has 0 fully saturated rings. The van der Waals surface area contributed by atoms with Crippen molar-refractivity contribution >= 4 is 58.4 Å². The average Bonchev–Trinajstić information content (AvgIpc) is 2.88. The van der Waals surface area contributed by atoms with Crippen LogP contribution in [0.2, 0.25) is 10.0 Å². The highest BCUT2D eigenvalue weighted by Crippen LogP contribution is 2.42. The molecule has 2 atom stereocenters. The summed E-state index contributed by atoms with van der Waals surface area (Å²) in [4.78, 5) is 38.0. The Balaban J connectivity index is 1.90. The van der Waals surface area contributed by atoms with E-state index in [1.165, 1.54) is 12.1 Å². The highest BCUT2D eigenvalue weighted by molar-refractivity contribution is 8.03. The predicted molar refractivity (Wildman–Crippen MR) is 139 cm³/mol. The number of thioether (sulfide) groups is 1. The standard InChI is InChI=1S/C25H20Cl2F3N3O5S/c1-3-38-18-7-4-12(8-17(18)27)20-14(10-31)23(33-22(35)21(20)24(36)37-2)39-11-19(34)32-13-5-6-16(26)15(9-13)25(28,29)30/h4-9,20-21H,3,11H2,1-2H3,(H,32,34)(H,33,35)/t20-,21-/m1/s1. The monoisotopic (exact) mass is 601 g/mol. The first-order chi connectivity index (χ1) is 18.4. The first kappa shape index (κ1) is 30.1. The third kappa shape index (κ3) is 6.98. The van der Waals surface area contributed by atoms with Crippen molar-refractivity contribution in [2.45, 2.75) is 19.0 Å². The lowest BCUT2D eigenvalue weighted by Crippen LogP contribution is -2.44. The molecule has 14 heteroatoms. The largest absolute Gasteiger partial charge is 0.492 e. The molecule has 0 saturated carbocycles. The molecule has 8 nitrogen and oxygen atoms in total. The fraction of sp³-hybridized carbons (Fsp3) is 0.280. The van der Waals surface area contributed by atoms with Crippen LogP contribution in [0.5, 0.6) is 5.75 Å². The number of hydrogen-bond acceptors (Lipinski definition) is 7. The van der Waals surface area contributed by atoms with Gasteiger partial charge in [-0.2, -0.15) is 18.4 Å². The van der Waals surface area contributed by atoms with Gasteiger partial charge in [0.2, 0.25) is 11.8 Å². The van der Waals surface area contributed by atoms with Gasteiger partial charge in [0.1, 0.15) is 11.7 Å². The Kier molecular flexibility index (Phi) is 9.77. The van der Waals surface area contributed by atoms with Crippen molar-refractivity contribution < 1.29 is 37.0 Å². The lowest BCUT2D eigenvalue weighted by Gasteiger charge is -2.31. The Bertz CT molecular complexity index is 1380. The van der Waals surface area contributed by atoms with E-state index in [1.54, 1.807) is 19.1 Å². The van der Waals surface area contributed by atoms with Crippen LogP contribution in [0, 0.1) is 17.2 Å². The number of amides is 2. The van der Waals surface area contributed by atoms with Gasteiger partial charge in [-0.3, -0.25) is 14.4 Å². The van der Waals surface area contributed by atoms with Crippen LogP contribution >= 0.6 is 35.0 Å². The number of rotatable bonds is 8. The minimum atomic E-state index is -4.72. The quantitative estimate of drug-likeness (QED) is 0.302. The lowest BCUT2D eigenvalue weighted by atomic mass is 9.78. The van der Waals surface area contributed by atoms with E-state index in [0.717, 1.165) is 24.9 Å². The van der Waals surface area contributed by atoms with Gasteiger partial charge in [0.05, 0.1) is 51.7 Å². The fourth-order valence-corrected chi connectivity index (χ4v) is 5.13. The summed E-state index contributed by atoms with van der Waals surface area (Å²) >= 11 is 12.7. The first-order valence-corrected chi connectivity index (χ1v) is 12.9. The van der Waals surface area contributed by atoms with Crippen molar-refractivity contribution in [3.8, 4) is 11.8 Å². The highest BCUT2D eigenvalue weighted by atomic mass is 35.5. The van der Waals surface area contributed by atoms with Gasteiger partial charge in [0, 0.05) is 11.6 Å². The molecule has 39 heavy (non-hydrogen) atoms. The van der Waals surface area contributed by atoms with Crippen molar-refractivity contribution in [1.82, 2.24) is 5.32 Å². The summed E-state index contributed by atoms with van der Waals surface area (Å²) in [5, 5.41) is 14.4. The average molecular weight is 602 g/mol. The number of benzene rings is 2. The summed E-state index contributed by atoms with van der Waals surface area (Å²) in [6.07, 6.45) is -4.72. The number of nitriles is 1. The molecule has 0 bridgehead atoms. The molecule has 0 radical (unpaired) electrons. The van der Waals surface area contributed by atoms with E-state index < -0.39 is 46.4 Å². The number of methoxy groups -OCH3 is 1. The van der Waals surface area contributed by atoms with E-state index in [9.17, 15) is 32.8 Å². The van der Waals surface area contributed by atoms with Crippen LogP contribution in [-0.4, -0.2) is 37.3 Å². The van der Waals surface area contributed by atoms with Gasteiger partial charge in [-0.05, 0) is 42.8 Å². The number of halogens is 5. The second-order valence-corrected chi connectivity index (χ2v) is 9.77. The molecule has 2 aromatic rings. The minimum Gasteiger partial charge on any atom is -0.492 e. The molecule has 0 spiro atoms. The van der Waals surface area contributed by atoms with Crippen molar-refractivity contribution in [1.29, 1.82) is 5.26 Å². The van der Waals surface area contributed by atoms with Gasteiger partial charge in [-0.1, -0.05) is 41.0 Å². The van der Waals surface area contributed by atoms with Crippen LogP contribution in [0.3, 0.4) is 0 Å². The second-order valence-electron chi connectivity index (χ2n) is 7.97. The molecular formula is C25H20Cl2F3N3O5S. The molecule has 1 aliphatic heterocycles. The van der Waals surface area contributed by atoms with Gasteiger partial charge < -0.3 is 20.1 Å². The van der Waals surface area contributed by atoms with E-state index in [0.29, 0.717) is 24.0 Å². The van der Waals surface area contributed by atoms with Crippen LogP contribution in [0.25, 0.3) is 0 Å². The zero-order chi connectivity index (χ0) is 28.9. The predicted octanol–water partition coefficient (Wildman–Crippen LogP) is 5.52.